The van der Waals surface area contributed by atoms with Gasteiger partial charge in [0.25, 0.3) is 5.35 Å². The van der Waals surface area contributed by atoms with Crippen LogP contribution >= 0.6 is 11.6 Å². The predicted molar refractivity (Wildman–Crippen MR) is 41.2 cm³/mol. The van der Waals surface area contributed by atoms with Crippen molar-refractivity contribution < 1.29 is 4.42 Å². The van der Waals surface area contributed by atoms with Gasteiger partial charge in [0.15, 0.2) is 5.52 Å². The van der Waals surface area contributed by atoms with Gasteiger partial charge in [-0.2, -0.15) is 4.98 Å². The number of nitrogens with two attached hydrogens (primary N) is 1. The molecule has 0 aliphatic rings. The predicted octanol–water partition coefficient (Wildman–Crippen LogP) is 1.46. The molecule has 0 amide bonds. The number of aromatic nitrogens is 2. The molecule has 0 aromatic carbocycles. The first-order valence-corrected chi connectivity index (χ1v) is 3.31. The molecule has 0 atom stereocenters. The molecule has 4 nitrogen and oxygen atoms in total. The van der Waals surface area contributed by atoms with E-state index in [9.17, 15) is 0 Å². The van der Waals surface area contributed by atoms with Gasteiger partial charge in [-0.1, -0.05) is 0 Å². The topological polar surface area (TPSA) is 64.9 Å². The molecule has 0 unspecified atom stereocenters. The molecule has 0 aliphatic heterocycles. The Hall–Kier alpha value is -1.29. The second kappa shape index (κ2) is 2.10. The normalized spacial score (nSPS) is 10.6. The van der Waals surface area contributed by atoms with Gasteiger partial charge in [0.1, 0.15) is 0 Å². The zero-order chi connectivity index (χ0) is 7.84. The first-order valence-electron chi connectivity index (χ1n) is 2.94. The number of nitrogens with zero attached hydrogens (tertiary/aromatic N) is 2. The molecule has 2 aromatic heterocycles. The first kappa shape index (κ1) is 6.42. The quantitative estimate of drug-likeness (QED) is 0.649. The van der Waals surface area contributed by atoms with E-state index in [1.165, 1.54) is 0 Å². The molecular weight excluding hydrogens is 166 g/mol. The van der Waals surface area contributed by atoms with Crippen LogP contribution in [0.15, 0.2) is 16.7 Å². The second-order valence-corrected chi connectivity index (χ2v) is 2.34. The molecule has 2 aromatic rings. The van der Waals surface area contributed by atoms with Crippen LogP contribution in [0.4, 0.5) is 5.69 Å². The smallest absolute Gasteiger partial charge is 0.294 e. The van der Waals surface area contributed by atoms with Crippen molar-refractivity contribution >= 4 is 28.5 Å². The lowest BCUT2D eigenvalue weighted by atomic mass is 10.4. The zero-order valence-electron chi connectivity index (χ0n) is 5.41. The molecule has 0 spiro atoms. The zero-order valence-corrected chi connectivity index (χ0v) is 6.17. The molecule has 5 heteroatoms. The second-order valence-electron chi connectivity index (χ2n) is 2.02. The van der Waals surface area contributed by atoms with Gasteiger partial charge in [0.05, 0.1) is 5.69 Å². The highest BCUT2D eigenvalue weighted by molar-refractivity contribution is 6.28. The highest BCUT2D eigenvalue weighted by Crippen LogP contribution is 2.20. The van der Waals surface area contributed by atoms with E-state index in [0.717, 1.165) is 0 Å². The summed E-state index contributed by atoms with van der Waals surface area (Å²) in [6.07, 6.45) is 1.54. The Morgan fingerprint density at radius 2 is 2.36 bits per heavy atom. The molecule has 0 radical (unpaired) electrons. The van der Waals surface area contributed by atoms with Crippen LogP contribution in [0.25, 0.3) is 11.2 Å². The standard InChI is InChI=1S/C6H4ClN3O/c7-6-10-4-3(8)1-2-9-5(4)11-6/h1-2H,(H2,8,9). The number of hydrogen-bond donors (Lipinski definition) is 1. The van der Waals surface area contributed by atoms with E-state index in [1.807, 2.05) is 0 Å². The molecule has 0 fully saturated rings. The number of anilines is 1. The minimum absolute atomic E-state index is 0.0606. The third-order valence-electron chi connectivity index (χ3n) is 1.30. The Labute approximate surface area is 67.0 Å². The fourth-order valence-electron chi connectivity index (χ4n) is 0.826. The summed E-state index contributed by atoms with van der Waals surface area (Å²) in [6, 6.07) is 1.64. The fourth-order valence-corrected chi connectivity index (χ4v) is 0.984. The van der Waals surface area contributed by atoms with Gasteiger partial charge in [-0.25, -0.2) is 4.98 Å². The van der Waals surface area contributed by atoms with Crippen LogP contribution < -0.4 is 5.73 Å². The van der Waals surface area contributed by atoms with Gasteiger partial charge < -0.3 is 10.2 Å². The van der Waals surface area contributed by atoms with E-state index in [-0.39, 0.29) is 5.35 Å². The van der Waals surface area contributed by atoms with E-state index in [2.05, 4.69) is 9.97 Å². The van der Waals surface area contributed by atoms with Crippen LogP contribution in [0.5, 0.6) is 0 Å². The Bertz CT molecular complexity index is 398. The van der Waals surface area contributed by atoms with E-state index in [1.54, 1.807) is 12.3 Å². The monoisotopic (exact) mass is 169 g/mol. The summed E-state index contributed by atoms with van der Waals surface area (Å²) in [5, 5.41) is 0.0606. The highest BCUT2D eigenvalue weighted by atomic mass is 35.5. The number of hydrogen-bond acceptors (Lipinski definition) is 4. The maximum atomic E-state index is 5.55. The highest BCUT2D eigenvalue weighted by Gasteiger charge is 2.05. The van der Waals surface area contributed by atoms with E-state index < -0.39 is 0 Å². The van der Waals surface area contributed by atoms with Crippen molar-refractivity contribution in [3.8, 4) is 0 Å². The largest absolute Gasteiger partial charge is 0.408 e. The number of nitrogen functional groups attached to an aromatic ring is 1. The molecule has 0 bridgehead atoms. The van der Waals surface area contributed by atoms with Crippen LogP contribution in [0, 0.1) is 0 Å². The summed E-state index contributed by atoms with van der Waals surface area (Å²) >= 11 is 5.48. The van der Waals surface area contributed by atoms with Crippen molar-refractivity contribution in [3.63, 3.8) is 0 Å². The van der Waals surface area contributed by atoms with E-state index in [0.29, 0.717) is 16.9 Å². The lowest BCUT2D eigenvalue weighted by molar-refractivity contribution is 0.593. The van der Waals surface area contributed by atoms with Crippen LogP contribution in [-0.2, 0) is 0 Å². The molecule has 11 heavy (non-hydrogen) atoms. The summed E-state index contributed by atoms with van der Waals surface area (Å²) in [7, 11) is 0. The molecule has 0 saturated heterocycles. The number of oxazole rings is 1. The van der Waals surface area contributed by atoms with Crippen molar-refractivity contribution in [2.45, 2.75) is 0 Å². The van der Waals surface area contributed by atoms with Gasteiger partial charge >= 0.3 is 0 Å². The number of pyridine rings is 1. The Kier molecular flexibility index (Phi) is 1.22. The van der Waals surface area contributed by atoms with Crippen molar-refractivity contribution in [2.75, 3.05) is 5.73 Å². The lowest BCUT2D eigenvalue weighted by Crippen LogP contribution is -1.86. The average Bonchev–Trinajstić information content (AvgIpc) is 2.31. The lowest BCUT2D eigenvalue weighted by Gasteiger charge is -1.88. The SMILES string of the molecule is Nc1ccnc2oc(Cl)nc12. The Balaban J connectivity index is 2.90. The van der Waals surface area contributed by atoms with Crippen molar-refractivity contribution in [1.29, 1.82) is 0 Å². The summed E-state index contributed by atoms with van der Waals surface area (Å²) in [5.41, 5.74) is 6.95. The molecule has 0 saturated carbocycles. The van der Waals surface area contributed by atoms with Gasteiger partial charge in [-0.15, -0.1) is 0 Å². The maximum Gasteiger partial charge on any atom is 0.294 e. The molecular formula is C6H4ClN3O. The van der Waals surface area contributed by atoms with Crippen LogP contribution in [0.1, 0.15) is 0 Å². The van der Waals surface area contributed by atoms with Gasteiger partial charge in [0, 0.05) is 6.20 Å². The first-order chi connectivity index (χ1) is 5.27. The van der Waals surface area contributed by atoms with Crippen LogP contribution in [0.3, 0.4) is 0 Å². The van der Waals surface area contributed by atoms with E-state index in [4.69, 9.17) is 21.8 Å². The van der Waals surface area contributed by atoms with E-state index >= 15 is 0 Å². The third kappa shape index (κ3) is 0.914. The summed E-state index contributed by atoms with van der Waals surface area (Å²) in [4.78, 5) is 7.69. The average molecular weight is 170 g/mol. The van der Waals surface area contributed by atoms with Crippen molar-refractivity contribution in [3.05, 3.63) is 17.6 Å². The van der Waals surface area contributed by atoms with Crippen molar-refractivity contribution in [2.24, 2.45) is 0 Å². The maximum absolute atomic E-state index is 5.55. The van der Waals surface area contributed by atoms with Crippen molar-refractivity contribution in [1.82, 2.24) is 9.97 Å². The van der Waals surface area contributed by atoms with Gasteiger partial charge in [-0.05, 0) is 17.7 Å². The third-order valence-corrected chi connectivity index (χ3v) is 1.46. The number of rotatable bonds is 0. The minimum atomic E-state index is 0.0606. The Morgan fingerprint density at radius 1 is 1.55 bits per heavy atom. The molecule has 0 aliphatic carbocycles. The Morgan fingerprint density at radius 3 is 3.09 bits per heavy atom. The number of halogens is 1. The van der Waals surface area contributed by atoms with Gasteiger partial charge in [0.2, 0.25) is 5.71 Å². The minimum Gasteiger partial charge on any atom is -0.408 e. The molecule has 2 rings (SSSR count). The summed E-state index contributed by atoms with van der Waals surface area (Å²) < 4.78 is 4.91. The number of fused-ring (bicyclic) bond motifs is 1. The van der Waals surface area contributed by atoms with Gasteiger partial charge in [-0.3, -0.25) is 0 Å². The van der Waals surface area contributed by atoms with Crippen LogP contribution in [0.2, 0.25) is 5.35 Å². The molecule has 2 heterocycles. The fraction of sp³-hybridized carbons (Fsp3) is 0. The summed E-state index contributed by atoms with van der Waals surface area (Å²) in [6.45, 7) is 0. The van der Waals surface area contributed by atoms with Crippen LogP contribution in [-0.4, -0.2) is 9.97 Å². The summed E-state index contributed by atoms with van der Waals surface area (Å²) in [5.74, 6) is 0. The molecule has 56 valence electrons. The molecule has 2 N–H and O–H groups in total.